The van der Waals surface area contributed by atoms with Crippen LogP contribution in [0, 0.1) is 6.92 Å². The van der Waals surface area contributed by atoms with Crippen molar-refractivity contribution in [3.05, 3.63) is 65.2 Å². The first-order valence-electron chi connectivity index (χ1n) is 8.78. The lowest BCUT2D eigenvalue weighted by atomic mass is 10.1. The molecule has 3 heterocycles. The summed E-state index contributed by atoms with van der Waals surface area (Å²) in [5.74, 6) is 0. The molecule has 2 aromatic heterocycles. The van der Waals surface area contributed by atoms with E-state index in [1.54, 1.807) is 6.20 Å². The molecular weight excluding hydrogens is 362 g/mol. The van der Waals surface area contributed by atoms with E-state index < -0.39 is 9.84 Å². The van der Waals surface area contributed by atoms with Crippen molar-refractivity contribution in [2.24, 2.45) is 0 Å². The Labute approximate surface area is 158 Å². The molecule has 3 aromatic rings. The molecule has 140 valence electrons. The third-order valence-corrected chi connectivity index (χ3v) is 5.60. The molecule has 0 saturated carbocycles. The maximum Gasteiger partial charge on any atom is 0.246 e. The predicted octanol–water partition coefficient (Wildman–Crippen LogP) is 1.93. The zero-order chi connectivity index (χ0) is 19.0. The molecule has 7 nitrogen and oxygen atoms in total. The Balaban J connectivity index is 1.52. The van der Waals surface area contributed by atoms with Gasteiger partial charge in [0.25, 0.3) is 0 Å². The van der Waals surface area contributed by atoms with Crippen molar-refractivity contribution < 1.29 is 8.42 Å². The van der Waals surface area contributed by atoms with Crippen LogP contribution in [0.2, 0.25) is 0 Å². The quantitative estimate of drug-likeness (QED) is 0.641. The lowest BCUT2D eigenvalue weighted by Gasteiger charge is -2.27. The van der Waals surface area contributed by atoms with Gasteiger partial charge in [-0.1, -0.05) is 18.2 Å². The second-order valence-corrected chi connectivity index (χ2v) is 8.79. The normalized spacial score (nSPS) is 14.9. The highest BCUT2D eigenvalue weighted by Gasteiger charge is 2.22. The third-order valence-electron chi connectivity index (χ3n) is 4.74. The number of hydrogen-bond acceptors (Lipinski definition) is 6. The summed E-state index contributed by atoms with van der Waals surface area (Å²) < 4.78 is 25.2. The number of fused-ring (bicyclic) bond motifs is 1. The number of sulfone groups is 1. The molecule has 0 aliphatic carbocycles. The topological polar surface area (TPSA) is 81.0 Å². The molecule has 0 atom stereocenters. The van der Waals surface area contributed by atoms with Crippen molar-refractivity contribution in [2.75, 3.05) is 12.8 Å². The number of aromatic nitrogens is 4. The molecule has 1 aliphatic heterocycles. The molecule has 27 heavy (non-hydrogen) atoms. The van der Waals surface area contributed by atoms with Crippen molar-refractivity contribution in [3.63, 3.8) is 0 Å². The molecule has 0 bridgehead atoms. The Morgan fingerprint density at radius 3 is 2.70 bits per heavy atom. The van der Waals surface area contributed by atoms with Gasteiger partial charge in [0.15, 0.2) is 0 Å². The van der Waals surface area contributed by atoms with E-state index >= 15 is 0 Å². The Hall–Kier alpha value is -2.58. The smallest absolute Gasteiger partial charge is 0.246 e. The minimum atomic E-state index is -3.37. The average molecular weight is 383 g/mol. The average Bonchev–Trinajstić information content (AvgIpc) is 3.02. The van der Waals surface area contributed by atoms with E-state index in [1.165, 1.54) is 5.56 Å². The fourth-order valence-corrected chi connectivity index (χ4v) is 3.79. The first-order chi connectivity index (χ1) is 12.9. The number of para-hydroxylation sites is 1. The Kier molecular flexibility index (Phi) is 4.53. The number of aryl methyl sites for hydroxylation is 1. The van der Waals surface area contributed by atoms with Gasteiger partial charge in [0, 0.05) is 55.8 Å². The summed E-state index contributed by atoms with van der Waals surface area (Å²) in [5.41, 5.74) is 5.04. The Morgan fingerprint density at radius 2 is 1.96 bits per heavy atom. The first kappa shape index (κ1) is 17.8. The van der Waals surface area contributed by atoms with Crippen LogP contribution >= 0.6 is 0 Å². The van der Waals surface area contributed by atoms with Gasteiger partial charge < -0.3 is 0 Å². The molecule has 0 amide bonds. The summed E-state index contributed by atoms with van der Waals surface area (Å²) >= 11 is 0. The van der Waals surface area contributed by atoms with Gasteiger partial charge in [-0.25, -0.2) is 23.1 Å². The Bertz CT molecular complexity index is 1080. The summed E-state index contributed by atoms with van der Waals surface area (Å²) in [6.45, 7) is 4.33. The lowest BCUT2D eigenvalue weighted by Crippen LogP contribution is -2.31. The third kappa shape index (κ3) is 3.77. The first-order valence-corrected chi connectivity index (χ1v) is 10.7. The van der Waals surface area contributed by atoms with Gasteiger partial charge in [0.05, 0.1) is 17.1 Å². The van der Waals surface area contributed by atoms with E-state index in [9.17, 15) is 8.42 Å². The number of benzene rings is 1. The maximum absolute atomic E-state index is 11.6. The van der Waals surface area contributed by atoms with E-state index in [-0.39, 0.29) is 5.16 Å². The highest BCUT2D eigenvalue weighted by Crippen LogP contribution is 2.21. The van der Waals surface area contributed by atoms with E-state index in [0.29, 0.717) is 13.0 Å². The fraction of sp³-hybridized carbons (Fsp3) is 0.316. The van der Waals surface area contributed by atoms with Crippen LogP contribution < -0.4 is 0 Å². The van der Waals surface area contributed by atoms with Crippen molar-refractivity contribution in [3.8, 4) is 5.69 Å². The highest BCUT2D eigenvalue weighted by molar-refractivity contribution is 7.90. The zero-order valence-electron chi connectivity index (χ0n) is 15.3. The molecule has 8 heteroatoms. The molecule has 0 saturated heterocycles. The van der Waals surface area contributed by atoms with Crippen molar-refractivity contribution >= 4 is 9.84 Å². The minimum Gasteiger partial charge on any atom is -0.294 e. The van der Waals surface area contributed by atoms with Crippen molar-refractivity contribution in [1.82, 2.24) is 24.6 Å². The lowest BCUT2D eigenvalue weighted by molar-refractivity contribution is 0.241. The summed E-state index contributed by atoms with van der Waals surface area (Å²) in [7, 11) is -3.37. The van der Waals surface area contributed by atoms with Crippen LogP contribution in [-0.4, -0.2) is 45.9 Å². The van der Waals surface area contributed by atoms with E-state index in [1.807, 2.05) is 41.9 Å². The molecule has 0 fully saturated rings. The van der Waals surface area contributed by atoms with Crippen LogP contribution in [0.4, 0.5) is 0 Å². The molecule has 1 aliphatic rings. The van der Waals surface area contributed by atoms with Crippen LogP contribution in [0.25, 0.3) is 5.69 Å². The molecule has 0 unspecified atom stereocenters. The molecule has 4 rings (SSSR count). The van der Waals surface area contributed by atoms with Crippen LogP contribution in [0.1, 0.15) is 22.5 Å². The largest absolute Gasteiger partial charge is 0.294 e. The SMILES string of the molecule is Cc1nn(-c2ccccc2)cc1CN1CCc2nc(S(C)(=O)=O)ncc2C1. The summed E-state index contributed by atoms with van der Waals surface area (Å²) in [5, 5.41) is 4.54. The van der Waals surface area contributed by atoms with Crippen molar-refractivity contribution in [1.29, 1.82) is 0 Å². The van der Waals surface area contributed by atoms with Gasteiger partial charge in [-0.2, -0.15) is 5.10 Å². The fourth-order valence-electron chi connectivity index (χ4n) is 3.27. The molecular formula is C19H21N5O2S. The van der Waals surface area contributed by atoms with Crippen molar-refractivity contribution in [2.45, 2.75) is 31.6 Å². The minimum absolute atomic E-state index is 0.0883. The number of nitrogens with zero attached hydrogens (tertiary/aromatic N) is 5. The van der Waals surface area contributed by atoms with E-state index in [0.717, 1.165) is 42.0 Å². The van der Waals surface area contributed by atoms with Gasteiger partial charge in [-0.15, -0.1) is 0 Å². The van der Waals surface area contributed by atoms with Crippen LogP contribution in [-0.2, 0) is 29.3 Å². The van der Waals surface area contributed by atoms with Crippen LogP contribution in [0.15, 0.2) is 47.9 Å². The summed E-state index contributed by atoms with van der Waals surface area (Å²) in [6.07, 6.45) is 5.57. The number of rotatable bonds is 4. The standard InChI is InChI=1S/C19H21N5O2S/c1-14-16(13-24(22-14)17-6-4-3-5-7-17)12-23-9-8-18-15(11-23)10-20-19(21-18)27(2,25)26/h3-7,10,13H,8-9,11-12H2,1-2H3. The van der Waals surface area contributed by atoms with E-state index in [2.05, 4.69) is 26.2 Å². The molecule has 1 aromatic carbocycles. The predicted molar refractivity (Wildman–Crippen MR) is 101 cm³/mol. The molecule has 0 spiro atoms. The second-order valence-electron chi connectivity index (χ2n) is 6.88. The second kappa shape index (κ2) is 6.86. The van der Waals surface area contributed by atoms with Gasteiger partial charge in [0.2, 0.25) is 15.0 Å². The monoisotopic (exact) mass is 383 g/mol. The molecule has 0 N–H and O–H groups in total. The molecule has 0 radical (unpaired) electrons. The van der Waals surface area contributed by atoms with Gasteiger partial charge >= 0.3 is 0 Å². The summed E-state index contributed by atoms with van der Waals surface area (Å²) in [6, 6.07) is 10.0. The summed E-state index contributed by atoms with van der Waals surface area (Å²) in [4.78, 5) is 10.6. The van der Waals surface area contributed by atoms with Crippen LogP contribution in [0.5, 0.6) is 0 Å². The zero-order valence-corrected chi connectivity index (χ0v) is 16.1. The van der Waals surface area contributed by atoms with Gasteiger partial charge in [-0.05, 0) is 19.1 Å². The van der Waals surface area contributed by atoms with Gasteiger partial charge in [-0.3, -0.25) is 4.90 Å². The van der Waals surface area contributed by atoms with Crippen LogP contribution in [0.3, 0.4) is 0 Å². The van der Waals surface area contributed by atoms with Gasteiger partial charge in [0.1, 0.15) is 0 Å². The van der Waals surface area contributed by atoms with E-state index in [4.69, 9.17) is 0 Å². The highest BCUT2D eigenvalue weighted by atomic mass is 32.2. The maximum atomic E-state index is 11.6. The number of hydrogen-bond donors (Lipinski definition) is 0. The Morgan fingerprint density at radius 1 is 1.19 bits per heavy atom.